The number of rotatable bonds is 3. The number of halogens is 3. The van der Waals surface area contributed by atoms with Crippen LogP contribution in [0.25, 0.3) is 0 Å². The van der Waals surface area contributed by atoms with E-state index in [2.05, 4.69) is 9.88 Å². The Hall–Kier alpha value is -1.18. The molecule has 1 unspecified atom stereocenters. The topological polar surface area (TPSA) is 28.6 Å². The molecular formula is C16H22F3N3O. The minimum atomic E-state index is -4.27. The first kappa shape index (κ1) is 16.7. The second kappa shape index (κ2) is 7.15. The zero-order valence-electron chi connectivity index (χ0n) is 13.0. The summed E-state index contributed by atoms with van der Waals surface area (Å²) in [5, 5.41) is 0. The maximum Gasteiger partial charge on any atom is 0.415 e. The van der Waals surface area contributed by atoms with Crippen molar-refractivity contribution in [2.45, 2.75) is 37.7 Å². The molecule has 3 rings (SSSR count). The van der Waals surface area contributed by atoms with Gasteiger partial charge in [0.15, 0.2) is 6.10 Å². The number of aromatic nitrogens is 1. The molecule has 0 saturated carbocycles. The number of pyridine rings is 1. The Morgan fingerprint density at radius 3 is 2.61 bits per heavy atom. The van der Waals surface area contributed by atoms with Crippen LogP contribution in [0.1, 0.15) is 18.5 Å². The van der Waals surface area contributed by atoms with Crippen molar-refractivity contribution in [2.75, 3.05) is 32.8 Å². The Kier molecular flexibility index (Phi) is 5.18. The summed E-state index contributed by atoms with van der Waals surface area (Å²) in [6, 6.07) is 6.09. The van der Waals surface area contributed by atoms with E-state index in [1.54, 1.807) is 6.20 Å². The van der Waals surface area contributed by atoms with Crippen LogP contribution in [-0.4, -0.2) is 65.9 Å². The van der Waals surface area contributed by atoms with Crippen molar-refractivity contribution in [3.05, 3.63) is 30.1 Å². The maximum absolute atomic E-state index is 12.8. The molecule has 2 saturated heterocycles. The number of hydrogen-bond donors (Lipinski definition) is 0. The van der Waals surface area contributed by atoms with E-state index in [9.17, 15) is 13.2 Å². The SMILES string of the molecule is FC(F)(F)C1CN(C2CCN(Cc3ccccn3)CC2)CCO1. The molecule has 23 heavy (non-hydrogen) atoms. The molecule has 0 amide bonds. The third-order valence-corrected chi connectivity index (χ3v) is 4.65. The van der Waals surface area contributed by atoms with Gasteiger partial charge in [0, 0.05) is 45.0 Å². The Bertz CT molecular complexity index is 489. The van der Waals surface area contributed by atoms with Crippen LogP contribution >= 0.6 is 0 Å². The standard InChI is InChI=1S/C16H22F3N3O/c17-16(18,19)15-12-22(9-10-23-15)14-4-7-21(8-5-14)11-13-3-1-2-6-20-13/h1-3,6,14-15H,4-5,7-12H2. The van der Waals surface area contributed by atoms with Gasteiger partial charge in [-0.3, -0.25) is 14.8 Å². The van der Waals surface area contributed by atoms with E-state index in [0.717, 1.165) is 38.2 Å². The van der Waals surface area contributed by atoms with Crippen molar-refractivity contribution in [3.63, 3.8) is 0 Å². The Morgan fingerprint density at radius 1 is 1.17 bits per heavy atom. The van der Waals surface area contributed by atoms with Gasteiger partial charge < -0.3 is 4.74 Å². The van der Waals surface area contributed by atoms with E-state index >= 15 is 0 Å². The molecule has 0 aromatic carbocycles. The summed E-state index contributed by atoms with van der Waals surface area (Å²) in [4.78, 5) is 8.60. The van der Waals surface area contributed by atoms with E-state index in [0.29, 0.717) is 6.54 Å². The molecule has 0 spiro atoms. The molecule has 2 aliphatic heterocycles. The van der Waals surface area contributed by atoms with Crippen molar-refractivity contribution in [1.29, 1.82) is 0 Å². The summed E-state index contributed by atoms with van der Waals surface area (Å²) >= 11 is 0. The van der Waals surface area contributed by atoms with Crippen molar-refractivity contribution >= 4 is 0 Å². The first-order valence-corrected chi connectivity index (χ1v) is 8.07. The van der Waals surface area contributed by atoms with E-state index in [-0.39, 0.29) is 19.2 Å². The van der Waals surface area contributed by atoms with E-state index < -0.39 is 12.3 Å². The Balaban J connectivity index is 1.49. The minimum Gasteiger partial charge on any atom is -0.366 e. The van der Waals surface area contributed by atoms with E-state index in [4.69, 9.17) is 4.74 Å². The van der Waals surface area contributed by atoms with Crippen molar-refractivity contribution < 1.29 is 17.9 Å². The van der Waals surface area contributed by atoms with E-state index in [1.165, 1.54) is 0 Å². The van der Waals surface area contributed by atoms with Gasteiger partial charge in [-0.1, -0.05) is 6.07 Å². The van der Waals surface area contributed by atoms with Crippen LogP contribution in [0.3, 0.4) is 0 Å². The summed E-state index contributed by atoms with van der Waals surface area (Å²) in [5.41, 5.74) is 1.04. The van der Waals surface area contributed by atoms with Crippen LogP contribution in [0, 0.1) is 0 Å². The summed E-state index contributed by atoms with van der Waals surface area (Å²) in [6.45, 7) is 3.33. The van der Waals surface area contributed by atoms with Gasteiger partial charge in [0.2, 0.25) is 0 Å². The fraction of sp³-hybridized carbons (Fsp3) is 0.688. The van der Waals surface area contributed by atoms with E-state index in [1.807, 2.05) is 23.1 Å². The molecule has 3 heterocycles. The normalized spacial score (nSPS) is 25.6. The number of piperidine rings is 1. The molecular weight excluding hydrogens is 307 g/mol. The molecule has 2 fully saturated rings. The largest absolute Gasteiger partial charge is 0.415 e. The quantitative estimate of drug-likeness (QED) is 0.851. The fourth-order valence-electron chi connectivity index (χ4n) is 3.36. The van der Waals surface area contributed by atoms with Crippen LogP contribution < -0.4 is 0 Å². The van der Waals surface area contributed by atoms with Crippen LogP contribution in [-0.2, 0) is 11.3 Å². The Labute approximate surface area is 134 Å². The lowest BCUT2D eigenvalue weighted by Gasteiger charge is -2.42. The van der Waals surface area contributed by atoms with Gasteiger partial charge in [-0.2, -0.15) is 13.2 Å². The van der Waals surface area contributed by atoms with Gasteiger partial charge >= 0.3 is 6.18 Å². The molecule has 0 aliphatic carbocycles. The highest BCUT2D eigenvalue weighted by atomic mass is 19.4. The van der Waals surface area contributed by atoms with Gasteiger partial charge in [0.05, 0.1) is 12.3 Å². The smallest absolute Gasteiger partial charge is 0.366 e. The van der Waals surface area contributed by atoms with Crippen LogP contribution in [0.15, 0.2) is 24.4 Å². The maximum atomic E-state index is 12.8. The second-order valence-corrected chi connectivity index (χ2v) is 6.22. The van der Waals surface area contributed by atoms with Gasteiger partial charge in [0.1, 0.15) is 0 Å². The molecule has 0 radical (unpaired) electrons. The van der Waals surface area contributed by atoms with Crippen molar-refractivity contribution in [1.82, 2.24) is 14.8 Å². The fourth-order valence-corrected chi connectivity index (χ4v) is 3.36. The highest BCUT2D eigenvalue weighted by molar-refractivity contribution is 5.03. The first-order chi connectivity index (χ1) is 11.0. The van der Waals surface area contributed by atoms with Crippen molar-refractivity contribution in [3.8, 4) is 0 Å². The average Bonchev–Trinajstić information content (AvgIpc) is 2.56. The first-order valence-electron chi connectivity index (χ1n) is 8.07. The molecule has 0 N–H and O–H groups in total. The number of likely N-dealkylation sites (tertiary alicyclic amines) is 1. The van der Waals surface area contributed by atoms with Gasteiger partial charge in [0.25, 0.3) is 0 Å². The van der Waals surface area contributed by atoms with Crippen LogP contribution in [0.4, 0.5) is 13.2 Å². The second-order valence-electron chi connectivity index (χ2n) is 6.22. The summed E-state index contributed by atoms with van der Waals surface area (Å²) in [6.07, 6.45) is -2.32. The lowest BCUT2D eigenvalue weighted by atomic mass is 10.0. The van der Waals surface area contributed by atoms with Gasteiger partial charge in [-0.25, -0.2) is 0 Å². The molecule has 0 bridgehead atoms. The highest BCUT2D eigenvalue weighted by Gasteiger charge is 2.44. The Morgan fingerprint density at radius 2 is 1.96 bits per heavy atom. The summed E-state index contributed by atoms with van der Waals surface area (Å²) in [7, 11) is 0. The summed E-state index contributed by atoms with van der Waals surface area (Å²) < 4.78 is 43.3. The van der Waals surface area contributed by atoms with Gasteiger partial charge in [-0.15, -0.1) is 0 Å². The predicted molar refractivity (Wildman–Crippen MR) is 79.9 cm³/mol. The lowest BCUT2D eigenvalue weighted by Crippen LogP contribution is -2.54. The minimum absolute atomic E-state index is 0.0333. The number of ether oxygens (including phenoxy) is 1. The lowest BCUT2D eigenvalue weighted by molar-refractivity contribution is -0.240. The molecule has 2 aliphatic rings. The summed E-state index contributed by atoms with van der Waals surface area (Å²) in [5.74, 6) is 0. The van der Waals surface area contributed by atoms with Crippen LogP contribution in [0.5, 0.6) is 0 Å². The third-order valence-electron chi connectivity index (χ3n) is 4.65. The molecule has 1 aromatic rings. The molecule has 1 aromatic heterocycles. The van der Waals surface area contributed by atoms with Crippen LogP contribution in [0.2, 0.25) is 0 Å². The molecule has 7 heteroatoms. The predicted octanol–water partition coefficient (Wildman–Crippen LogP) is 2.31. The zero-order chi connectivity index (χ0) is 16.3. The number of alkyl halides is 3. The molecule has 4 nitrogen and oxygen atoms in total. The molecule has 128 valence electrons. The monoisotopic (exact) mass is 329 g/mol. The highest BCUT2D eigenvalue weighted by Crippen LogP contribution is 2.28. The number of morpholine rings is 1. The average molecular weight is 329 g/mol. The van der Waals surface area contributed by atoms with Gasteiger partial charge in [-0.05, 0) is 25.0 Å². The van der Waals surface area contributed by atoms with Crippen molar-refractivity contribution in [2.24, 2.45) is 0 Å². The number of hydrogen-bond acceptors (Lipinski definition) is 4. The molecule has 1 atom stereocenters. The third kappa shape index (κ3) is 4.43. The number of nitrogens with zero attached hydrogens (tertiary/aromatic N) is 3. The zero-order valence-corrected chi connectivity index (χ0v) is 13.0.